The number of carboxylic acid groups (broad SMARTS) is 1. The molecule has 1 N–H and O–H groups in total. The highest BCUT2D eigenvalue weighted by Gasteiger charge is 2.25. The van der Waals surface area contributed by atoms with Crippen molar-refractivity contribution in [2.45, 2.75) is 26.3 Å². The Kier molecular flexibility index (Phi) is 2.90. The third-order valence-electron chi connectivity index (χ3n) is 2.08. The first-order chi connectivity index (χ1) is 6.32. The van der Waals surface area contributed by atoms with Gasteiger partial charge in [-0.2, -0.15) is 0 Å². The Morgan fingerprint density at radius 2 is 2.14 bits per heavy atom. The first-order valence-corrected chi connectivity index (χ1v) is 4.78. The molecule has 3 nitrogen and oxygen atoms in total. The standard InChI is InChI=1S/C10H14ClNO2/c1-10(2,3)12-5-4-7(9(13)14)6-8(12)11/h4,6H,5H2,1-3H3,(H,13,14). The molecule has 0 aromatic heterocycles. The van der Waals surface area contributed by atoms with Crippen molar-refractivity contribution in [1.29, 1.82) is 0 Å². The number of hydrogen-bond acceptors (Lipinski definition) is 2. The van der Waals surface area contributed by atoms with Crippen LogP contribution in [0.1, 0.15) is 20.8 Å². The molecular formula is C10H14ClNO2. The molecule has 0 saturated heterocycles. The van der Waals surface area contributed by atoms with Crippen LogP contribution in [0.3, 0.4) is 0 Å². The number of carboxylic acids is 1. The first kappa shape index (κ1) is 11.1. The fraction of sp³-hybridized carbons (Fsp3) is 0.500. The summed E-state index contributed by atoms with van der Waals surface area (Å²) in [6.45, 7) is 6.63. The first-order valence-electron chi connectivity index (χ1n) is 4.40. The van der Waals surface area contributed by atoms with E-state index in [-0.39, 0.29) is 11.1 Å². The summed E-state index contributed by atoms with van der Waals surface area (Å²) >= 11 is 5.99. The largest absolute Gasteiger partial charge is 0.478 e. The maximum Gasteiger partial charge on any atom is 0.335 e. The van der Waals surface area contributed by atoms with Crippen LogP contribution in [0.4, 0.5) is 0 Å². The summed E-state index contributed by atoms with van der Waals surface area (Å²) in [5.74, 6) is -0.934. The van der Waals surface area contributed by atoms with Gasteiger partial charge in [0.25, 0.3) is 0 Å². The predicted octanol–water partition coefficient (Wildman–Crippen LogP) is 2.19. The van der Waals surface area contributed by atoms with Gasteiger partial charge in [-0.1, -0.05) is 17.7 Å². The normalized spacial score (nSPS) is 17.6. The van der Waals surface area contributed by atoms with E-state index in [1.165, 1.54) is 6.08 Å². The van der Waals surface area contributed by atoms with Gasteiger partial charge in [0.15, 0.2) is 0 Å². The number of halogens is 1. The predicted molar refractivity (Wildman–Crippen MR) is 56.1 cm³/mol. The van der Waals surface area contributed by atoms with Gasteiger partial charge >= 0.3 is 5.97 Å². The fourth-order valence-electron chi connectivity index (χ4n) is 1.29. The number of nitrogens with zero attached hydrogens (tertiary/aromatic N) is 1. The van der Waals surface area contributed by atoms with Crippen molar-refractivity contribution < 1.29 is 9.90 Å². The molecule has 1 aliphatic heterocycles. The molecule has 78 valence electrons. The summed E-state index contributed by atoms with van der Waals surface area (Å²) in [5.41, 5.74) is 0.171. The summed E-state index contributed by atoms with van der Waals surface area (Å²) in [6.07, 6.45) is 3.15. The SMILES string of the molecule is CC(C)(C)N1CC=C(C(=O)O)C=C1Cl. The minimum absolute atomic E-state index is 0.0892. The van der Waals surface area contributed by atoms with Crippen LogP contribution in [0, 0.1) is 0 Å². The Bertz CT molecular complexity index is 313. The zero-order valence-corrected chi connectivity index (χ0v) is 9.30. The van der Waals surface area contributed by atoms with E-state index in [2.05, 4.69) is 0 Å². The van der Waals surface area contributed by atoms with Gasteiger partial charge in [-0.15, -0.1) is 0 Å². The third-order valence-corrected chi connectivity index (χ3v) is 2.40. The molecule has 0 unspecified atom stereocenters. The Morgan fingerprint density at radius 1 is 1.57 bits per heavy atom. The van der Waals surface area contributed by atoms with Gasteiger partial charge in [-0.05, 0) is 26.8 Å². The van der Waals surface area contributed by atoms with Gasteiger partial charge in [0.1, 0.15) is 5.16 Å². The van der Waals surface area contributed by atoms with Crippen LogP contribution in [0.15, 0.2) is 22.9 Å². The number of hydrogen-bond donors (Lipinski definition) is 1. The molecule has 0 atom stereocenters. The summed E-state index contributed by atoms with van der Waals surface area (Å²) in [6, 6.07) is 0. The van der Waals surface area contributed by atoms with Crippen LogP contribution in [0.2, 0.25) is 0 Å². The van der Waals surface area contributed by atoms with E-state index in [4.69, 9.17) is 16.7 Å². The van der Waals surface area contributed by atoms with Crippen molar-refractivity contribution in [1.82, 2.24) is 4.90 Å². The van der Waals surface area contributed by atoms with Crippen molar-refractivity contribution >= 4 is 17.6 Å². The molecule has 0 saturated carbocycles. The van der Waals surface area contributed by atoms with Crippen LogP contribution < -0.4 is 0 Å². The van der Waals surface area contributed by atoms with Crippen LogP contribution in [-0.4, -0.2) is 28.1 Å². The molecule has 0 radical (unpaired) electrons. The average Bonchev–Trinajstić information content (AvgIpc) is 2.01. The lowest BCUT2D eigenvalue weighted by Gasteiger charge is -2.37. The molecule has 14 heavy (non-hydrogen) atoms. The van der Waals surface area contributed by atoms with Crippen molar-refractivity contribution in [2.75, 3.05) is 6.54 Å². The molecule has 0 fully saturated rings. The molecule has 0 aromatic rings. The Hall–Kier alpha value is -0.960. The monoisotopic (exact) mass is 215 g/mol. The second-order valence-corrected chi connectivity index (χ2v) is 4.60. The van der Waals surface area contributed by atoms with E-state index >= 15 is 0 Å². The minimum Gasteiger partial charge on any atom is -0.478 e. The van der Waals surface area contributed by atoms with E-state index in [1.807, 2.05) is 25.7 Å². The Labute approximate surface area is 88.7 Å². The van der Waals surface area contributed by atoms with Crippen LogP contribution in [0.5, 0.6) is 0 Å². The highest BCUT2D eigenvalue weighted by atomic mass is 35.5. The van der Waals surface area contributed by atoms with E-state index in [1.54, 1.807) is 6.08 Å². The van der Waals surface area contributed by atoms with Crippen molar-refractivity contribution in [3.05, 3.63) is 22.9 Å². The van der Waals surface area contributed by atoms with E-state index in [0.29, 0.717) is 11.7 Å². The summed E-state index contributed by atoms with van der Waals surface area (Å²) in [4.78, 5) is 12.6. The second-order valence-electron chi connectivity index (χ2n) is 4.21. The molecule has 0 bridgehead atoms. The van der Waals surface area contributed by atoms with Crippen molar-refractivity contribution in [3.63, 3.8) is 0 Å². The lowest BCUT2D eigenvalue weighted by atomic mass is 10.0. The Morgan fingerprint density at radius 3 is 2.50 bits per heavy atom. The maximum atomic E-state index is 10.7. The summed E-state index contributed by atoms with van der Waals surface area (Å²) in [5, 5.41) is 9.24. The average molecular weight is 216 g/mol. The minimum atomic E-state index is -0.934. The lowest BCUT2D eigenvalue weighted by Crippen LogP contribution is -2.40. The summed E-state index contributed by atoms with van der Waals surface area (Å²) < 4.78 is 0. The zero-order chi connectivity index (χ0) is 10.9. The van der Waals surface area contributed by atoms with Gasteiger partial charge in [0.05, 0.1) is 5.57 Å². The van der Waals surface area contributed by atoms with Crippen molar-refractivity contribution in [3.8, 4) is 0 Å². The molecule has 0 amide bonds. The van der Waals surface area contributed by atoms with Crippen LogP contribution in [-0.2, 0) is 4.79 Å². The second kappa shape index (κ2) is 3.65. The highest BCUT2D eigenvalue weighted by Crippen LogP contribution is 2.26. The molecule has 4 heteroatoms. The molecule has 1 aliphatic rings. The number of rotatable bonds is 1. The van der Waals surface area contributed by atoms with Crippen molar-refractivity contribution in [2.24, 2.45) is 0 Å². The van der Waals surface area contributed by atoms with Crippen LogP contribution in [0.25, 0.3) is 0 Å². The smallest absolute Gasteiger partial charge is 0.335 e. The van der Waals surface area contributed by atoms with E-state index in [9.17, 15) is 4.79 Å². The molecule has 0 aromatic carbocycles. The van der Waals surface area contributed by atoms with E-state index < -0.39 is 5.97 Å². The fourth-order valence-corrected chi connectivity index (χ4v) is 1.73. The molecule has 1 heterocycles. The summed E-state index contributed by atoms with van der Waals surface area (Å²) in [7, 11) is 0. The van der Waals surface area contributed by atoms with E-state index in [0.717, 1.165) is 0 Å². The van der Waals surface area contributed by atoms with Gasteiger partial charge < -0.3 is 10.0 Å². The van der Waals surface area contributed by atoms with Crippen LogP contribution >= 0.6 is 11.6 Å². The number of aliphatic carboxylic acids is 1. The van der Waals surface area contributed by atoms with Gasteiger partial charge in [-0.25, -0.2) is 4.79 Å². The van der Waals surface area contributed by atoms with Gasteiger partial charge in [0, 0.05) is 12.1 Å². The quantitative estimate of drug-likeness (QED) is 0.682. The third kappa shape index (κ3) is 2.29. The zero-order valence-electron chi connectivity index (χ0n) is 8.54. The maximum absolute atomic E-state index is 10.7. The van der Waals surface area contributed by atoms with Gasteiger partial charge in [-0.3, -0.25) is 0 Å². The highest BCUT2D eigenvalue weighted by molar-refractivity contribution is 6.29. The topological polar surface area (TPSA) is 40.5 Å². The van der Waals surface area contributed by atoms with Gasteiger partial charge in [0.2, 0.25) is 0 Å². The molecular weight excluding hydrogens is 202 g/mol. The molecule has 0 aliphatic carbocycles. The molecule has 1 rings (SSSR count). The lowest BCUT2D eigenvalue weighted by molar-refractivity contribution is -0.132. The number of carbonyl (C=O) groups is 1. The molecule has 0 spiro atoms. The Balaban J connectivity index is 2.88.